The zero-order valence-corrected chi connectivity index (χ0v) is 5.19. The molecule has 0 atom stereocenters. The van der Waals surface area contributed by atoms with E-state index in [1.54, 1.807) is 0 Å². The van der Waals surface area contributed by atoms with Crippen LogP contribution >= 0.6 is 20.5 Å². The van der Waals surface area contributed by atoms with E-state index in [2.05, 4.69) is 29.1 Å². The summed E-state index contributed by atoms with van der Waals surface area (Å²) in [6, 6.07) is 0. The van der Waals surface area contributed by atoms with Gasteiger partial charge in [-0.25, -0.2) is 0 Å². The Kier molecular flexibility index (Phi) is 14.2. The molecule has 0 radical (unpaired) electrons. The first-order valence-corrected chi connectivity index (χ1v) is 2.71. The van der Waals surface area contributed by atoms with Crippen molar-refractivity contribution < 1.29 is 13.9 Å². The van der Waals surface area contributed by atoms with Crippen LogP contribution in [0.2, 0.25) is 0 Å². The summed E-state index contributed by atoms with van der Waals surface area (Å²) < 4.78 is 3.40. The van der Waals surface area contributed by atoms with Crippen LogP contribution in [0.5, 0.6) is 0 Å². The van der Waals surface area contributed by atoms with Gasteiger partial charge in [-0.15, -0.1) is 13.2 Å². The summed E-state index contributed by atoms with van der Waals surface area (Å²) in [4.78, 5) is 15.3. The molecule has 0 aliphatic carbocycles. The maximum absolute atomic E-state index is 7.63. The van der Waals surface area contributed by atoms with Crippen LogP contribution in [0.1, 0.15) is 0 Å². The van der Waals surface area contributed by atoms with E-state index in [1.807, 2.05) is 0 Å². The highest BCUT2D eigenvalue weighted by Gasteiger charge is 1.89. The summed E-state index contributed by atoms with van der Waals surface area (Å²) in [6.07, 6.45) is 0. The summed E-state index contributed by atoms with van der Waals surface area (Å²) in [6.45, 7) is 6.00. The topological polar surface area (TPSA) is 49.7 Å². The lowest BCUT2D eigenvalue weighted by Crippen LogP contribution is -1.59. The van der Waals surface area contributed by atoms with Gasteiger partial charge in [0.05, 0.1) is 11.9 Å². The van der Waals surface area contributed by atoms with Crippen molar-refractivity contribution in [3.63, 3.8) is 0 Å². The van der Waals surface area contributed by atoms with Crippen LogP contribution in [-0.2, 0) is 4.08 Å². The molecule has 0 aliphatic heterocycles. The van der Waals surface area contributed by atoms with Crippen molar-refractivity contribution in [3.05, 3.63) is 13.2 Å². The molecular formula is C2H6ClO3P. The molecule has 0 saturated carbocycles. The third-order valence-electron chi connectivity index (χ3n) is 0.0617. The minimum Gasteiger partial charge on any atom is -0.327 e. The lowest BCUT2D eigenvalue weighted by Gasteiger charge is -1.85. The van der Waals surface area contributed by atoms with Crippen LogP contribution in [0.4, 0.5) is 0 Å². The molecule has 0 rings (SSSR count). The highest BCUT2D eigenvalue weighted by atomic mass is 35.5. The van der Waals surface area contributed by atoms with Crippen LogP contribution in [0.3, 0.4) is 0 Å². The molecule has 0 aromatic heterocycles. The lowest BCUT2D eigenvalue weighted by molar-refractivity contribution is 0.389. The number of hydrogen-bond acceptors (Lipinski definition) is 3. The third-order valence-corrected chi connectivity index (χ3v) is 0.555. The molecule has 0 saturated heterocycles. The molecule has 3 nitrogen and oxygen atoms in total. The van der Waals surface area contributed by atoms with Crippen molar-refractivity contribution in [1.82, 2.24) is 0 Å². The normalized spacial score (nSPS) is 7.43. The van der Waals surface area contributed by atoms with Gasteiger partial charge in [-0.3, -0.25) is 0 Å². The molecule has 5 heteroatoms. The van der Waals surface area contributed by atoms with E-state index in [9.17, 15) is 0 Å². The van der Waals surface area contributed by atoms with Gasteiger partial charge < -0.3 is 9.79 Å². The van der Waals surface area contributed by atoms with Crippen LogP contribution in [0.15, 0.2) is 13.2 Å². The van der Waals surface area contributed by atoms with Gasteiger partial charge in [0, 0.05) is 0 Å². The van der Waals surface area contributed by atoms with E-state index in [0.29, 0.717) is 0 Å². The highest BCUT2D eigenvalue weighted by molar-refractivity contribution is 7.40. The van der Waals surface area contributed by atoms with Gasteiger partial charge in [-0.2, -0.15) is 4.08 Å². The Bertz CT molecular complexity index is 34.1. The fraction of sp³-hybridized carbons (Fsp3) is 0. The van der Waals surface area contributed by atoms with Crippen molar-refractivity contribution in [2.45, 2.75) is 0 Å². The van der Waals surface area contributed by atoms with Crippen molar-refractivity contribution >= 4 is 20.5 Å². The second kappa shape index (κ2) is 9.60. The van der Waals surface area contributed by atoms with Crippen molar-refractivity contribution in [2.24, 2.45) is 0 Å². The monoisotopic (exact) mass is 144 g/mol. The molecule has 2 N–H and O–H groups in total. The molecule has 0 aliphatic rings. The molecule has 0 aromatic carbocycles. The minimum atomic E-state index is -2.33. The molecule has 7 heavy (non-hydrogen) atoms. The molecule has 0 bridgehead atoms. The van der Waals surface area contributed by atoms with E-state index in [0.717, 1.165) is 0 Å². The predicted molar refractivity (Wildman–Crippen MR) is 29.5 cm³/mol. The molecule has 0 spiro atoms. The average Bonchev–Trinajstić information content (AvgIpc) is 1.73. The second-order valence-corrected chi connectivity index (χ2v) is 1.38. The first-order chi connectivity index (χ1) is 3.27. The summed E-state index contributed by atoms with van der Waals surface area (Å²) in [5.74, 6) is 0. The van der Waals surface area contributed by atoms with Gasteiger partial charge >= 0.3 is 8.60 Å². The van der Waals surface area contributed by atoms with E-state index >= 15 is 0 Å². The quantitative estimate of drug-likeness (QED) is 0.429. The Hall–Kier alpha value is 0.340. The fourth-order valence-electron chi connectivity index (χ4n) is 0. The van der Waals surface area contributed by atoms with E-state index in [4.69, 9.17) is 9.79 Å². The van der Waals surface area contributed by atoms with Gasteiger partial charge in [0.1, 0.15) is 0 Å². The summed E-state index contributed by atoms with van der Waals surface area (Å²) in [7, 11) is -2.33. The van der Waals surface area contributed by atoms with Gasteiger partial charge in [-0.1, -0.05) is 0 Å². The summed E-state index contributed by atoms with van der Waals surface area (Å²) in [5, 5.41) is 0. The largest absolute Gasteiger partial charge is 0.344 e. The van der Waals surface area contributed by atoms with Crippen molar-refractivity contribution in [3.8, 4) is 0 Å². The van der Waals surface area contributed by atoms with E-state index < -0.39 is 8.60 Å². The Balaban J connectivity index is 0. The first kappa shape index (κ1) is 10.3. The van der Waals surface area contributed by atoms with Gasteiger partial charge in [0.2, 0.25) is 0 Å². The Labute approximate surface area is 48.4 Å². The molecule has 0 aromatic rings. The van der Waals surface area contributed by atoms with Crippen LogP contribution < -0.4 is 0 Å². The third kappa shape index (κ3) is 21.8. The van der Waals surface area contributed by atoms with E-state index in [1.165, 1.54) is 0 Å². The van der Waals surface area contributed by atoms with Crippen LogP contribution in [0.25, 0.3) is 0 Å². The molecular weight excluding hydrogens is 138 g/mol. The number of rotatable bonds is 1. The van der Waals surface area contributed by atoms with Gasteiger partial charge in [0.15, 0.2) is 0 Å². The summed E-state index contributed by atoms with van der Waals surface area (Å²) >= 11 is 4.37. The standard InChI is InChI=1S/C2H4.ClH2O3P/c1-2;1-4-5(2)3/h1-2H2;2-3H. The average molecular weight is 144 g/mol. The lowest BCUT2D eigenvalue weighted by atomic mass is 11.3. The Morgan fingerprint density at radius 1 is 1.43 bits per heavy atom. The predicted octanol–water partition coefficient (Wildman–Crippen LogP) is 1.17. The minimum absolute atomic E-state index is 2.33. The van der Waals surface area contributed by atoms with Crippen molar-refractivity contribution in [2.75, 3.05) is 0 Å². The summed E-state index contributed by atoms with van der Waals surface area (Å²) in [5.41, 5.74) is 0. The van der Waals surface area contributed by atoms with Crippen molar-refractivity contribution in [1.29, 1.82) is 0 Å². The maximum Gasteiger partial charge on any atom is 0.344 e. The molecule has 44 valence electrons. The smallest absolute Gasteiger partial charge is 0.327 e. The highest BCUT2D eigenvalue weighted by Crippen LogP contribution is 2.25. The van der Waals surface area contributed by atoms with Crippen LogP contribution in [0, 0.1) is 0 Å². The fourth-order valence-corrected chi connectivity index (χ4v) is 0. The zero-order valence-electron chi connectivity index (χ0n) is 3.54. The first-order valence-electron chi connectivity index (χ1n) is 1.24. The SMILES string of the molecule is C=C.OP(O)OCl. The Morgan fingerprint density at radius 3 is 1.57 bits per heavy atom. The molecule has 0 heterocycles. The Morgan fingerprint density at radius 2 is 1.57 bits per heavy atom. The van der Waals surface area contributed by atoms with Gasteiger partial charge in [-0.05, 0) is 0 Å². The van der Waals surface area contributed by atoms with Gasteiger partial charge in [0.25, 0.3) is 0 Å². The molecule has 0 amide bonds. The van der Waals surface area contributed by atoms with E-state index in [-0.39, 0.29) is 0 Å². The maximum atomic E-state index is 7.63. The number of halogens is 1. The number of hydrogen-bond donors (Lipinski definition) is 2. The second-order valence-electron chi connectivity index (χ2n) is 0.322. The molecule has 0 fully saturated rings. The zero-order chi connectivity index (χ0) is 6.28. The van der Waals surface area contributed by atoms with Crippen LogP contribution in [-0.4, -0.2) is 9.79 Å². The molecule has 0 unspecified atom stereocenters.